The predicted octanol–water partition coefficient (Wildman–Crippen LogP) is 3.95. The van der Waals surface area contributed by atoms with E-state index in [0.29, 0.717) is 9.90 Å². The lowest BCUT2D eigenvalue weighted by atomic mass is 10.2. The van der Waals surface area contributed by atoms with Crippen LogP contribution in [0.2, 0.25) is 0 Å². The molecule has 0 unspecified atom stereocenters. The third-order valence-corrected chi connectivity index (χ3v) is 6.31. The zero-order valence-electron chi connectivity index (χ0n) is 11.4. The van der Waals surface area contributed by atoms with Crippen LogP contribution in [0, 0.1) is 0 Å². The van der Waals surface area contributed by atoms with Crippen molar-refractivity contribution in [1.29, 1.82) is 0 Å². The van der Waals surface area contributed by atoms with Crippen molar-refractivity contribution in [1.82, 2.24) is 4.40 Å². The number of hydrogen-bond acceptors (Lipinski definition) is 3. The molecule has 0 amide bonds. The highest BCUT2D eigenvalue weighted by atomic mass is 32.2. The molecule has 0 saturated heterocycles. The van der Waals surface area contributed by atoms with E-state index in [1.165, 1.54) is 11.3 Å². The minimum atomic E-state index is -3.54. The number of thiophene rings is 1. The largest absolute Gasteiger partial charge is 0.317 e. The Hall–Kier alpha value is -2.31. The van der Waals surface area contributed by atoms with E-state index >= 15 is 0 Å². The van der Waals surface area contributed by atoms with Gasteiger partial charge in [0.1, 0.15) is 4.21 Å². The SMILES string of the molecule is O=S(=O)(Nc1cccc2c1ccc1cccn12)c1cccs1. The maximum atomic E-state index is 12.4. The van der Waals surface area contributed by atoms with E-state index in [4.69, 9.17) is 0 Å². The smallest absolute Gasteiger partial charge is 0.271 e. The second-order valence-electron chi connectivity index (χ2n) is 4.91. The van der Waals surface area contributed by atoms with Crippen molar-refractivity contribution in [2.75, 3.05) is 4.72 Å². The van der Waals surface area contributed by atoms with Crippen LogP contribution in [0.1, 0.15) is 0 Å². The van der Waals surface area contributed by atoms with Crippen molar-refractivity contribution in [2.45, 2.75) is 4.21 Å². The number of hydrogen-bond donors (Lipinski definition) is 1. The lowest BCUT2D eigenvalue weighted by Gasteiger charge is -2.11. The van der Waals surface area contributed by atoms with Gasteiger partial charge in [-0.2, -0.15) is 0 Å². The van der Waals surface area contributed by atoms with Crippen molar-refractivity contribution in [3.8, 4) is 0 Å². The molecule has 1 N–H and O–H groups in total. The fourth-order valence-electron chi connectivity index (χ4n) is 2.56. The molecule has 1 aromatic carbocycles. The summed E-state index contributed by atoms with van der Waals surface area (Å²) in [5.41, 5.74) is 2.63. The average Bonchev–Trinajstić information content (AvgIpc) is 3.19. The summed E-state index contributed by atoms with van der Waals surface area (Å²) in [6, 6.07) is 16.8. The normalized spacial score (nSPS) is 12.0. The van der Waals surface area contributed by atoms with Crippen molar-refractivity contribution >= 4 is 43.5 Å². The van der Waals surface area contributed by atoms with Gasteiger partial charge in [-0.25, -0.2) is 8.42 Å². The number of rotatable bonds is 3. The summed E-state index contributed by atoms with van der Waals surface area (Å²) in [7, 11) is -3.54. The summed E-state index contributed by atoms with van der Waals surface area (Å²) in [5.74, 6) is 0. The summed E-state index contributed by atoms with van der Waals surface area (Å²) in [5, 5.41) is 2.62. The molecule has 4 nitrogen and oxygen atoms in total. The topological polar surface area (TPSA) is 50.6 Å². The molecule has 0 aliphatic rings. The monoisotopic (exact) mass is 328 g/mol. The molecule has 0 radical (unpaired) electrons. The van der Waals surface area contributed by atoms with Gasteiger partial charge in [0.15, 0.2) is 0 Å². The first-order valence-corrected chi connectivity index (χ1v) is 9.07. The van der Waals surface area contributed by atoms with Crippen LogP contribution >= 0.6 is 11.3 Å². The third-order valence-electron chi connectivity index (χ3n) is 3.55. The summed E-state index contributed by atoms with van der Waals surface area (Å²) in [6.45, 7) is 0. The molecule has 4 aromatic rings. The van der Waals surface area contributed by atoms with E-state index in [0.717, 1.165) is 16.4 Å². The Morgan fingerprint density at radius 2 is 1.86 bits per heavy atom. The minimum Gasteiger partial charge on any atom is -0.317 e. The quantitative estimate of drug-likeness (QED) is 0.619. The zero-order chi connectivity index (χ0) is 15.2. The van der Waals surface area contributed by atoms with Crippen LogP contribution < -0.4 is 4.72 Å². The van der Waals surface area contributed by atoms with Crippen molar-refractivity contribution in [2.24, 2.45) is 0 Å². The van der Waals surface area contributed by atoms with E-state index in [1.807, 2.05) is 47.0 Å². The van der Waals surface area contributed by atoms with Gasteiger partial charge < -0.3 is 4.40 Å². The van der Waals surface area contributed by atoms with Crippen molar-refractivity contribution in [3.05, 3.63) is 66.2 Å². The summed E-state index contributed by atoms with van der Waals surface area (Å²) in [6.07, 6.45) is 1.97. The Balaban J connectivity index is 1.89. The Labute approximate surface area is 131 Å². The molecule has 3 aromatic heterocycles. The highest BCUT2D eigenvalue weighted by Gasteiger charge is 2.16. The van der Waals surface area contributed by atoms with Crippen LogP contribution in [0.25, 0.3) is 16.4 Å². The van der Waals surface area contributed by atoms with E-state index < -0.39 is 10.0 Å². The molecular weight excluding hydrogens is 316 g/mol. The van der Waals surface area contributed by atoms with E-state index in [9.17, 15) is 8.42 Å². The van der Waals surface area contributed by atoms with Crippen molar-refractivity contribution < 1.29 is 8.42 Å². The van der Waals surface area contributed by atoms with Gasteiger partial charge in [0, 0.05) is 17.1 Å². The fraction of sp³-hybridized carbons (Fsp3) is 0. The van der Waals surface area contributed by atoms with Gasteiger partial charge >= 0.3 is 0 Å². The first kappa shape index (κ1) is 13.4. The third kappa shape index (κ3) is 2.08. The van der Waals surface area contributed by atoms with E-state index in [2.05, 4.69) is 4.72 Å². The van der Waals surface area contributed by atoms with Gasteiger partial charge in [-0.1, -0.05) is 12.1 Å². The molecule has 0 aliphatic heterocycles. The Morgan fingerprint density at radius 1 is 0.955 bits per heavy atom. The molecule has 0 spiro atoms. The van der Waals surface area contributed by atoms with E-state index in [-0.39, 0.29) is 0 Å². The number of aromatic nitrogens is 1. The highest BCUT2D eigenvalue weighted by Crippen LogP contribution is 2.28. The molecular formula is C16H12N2O2S2. The van der Waals surface area contributed by atoms with Crippen LogP contribution in [0.5, 0.6) is 0 Å². The second kappa shape index (κ2) is 4.86. The molecule has 0 bridgehead atoms. The number of anilines is 1. The molecule has 0 saturated carbocycles. The van der Waals surface area contributed by atoms with Crippen LogP contribution in [-0.2, 0) is 10.0 Å². The Bertz CT molecular complexity index is 1060. The van der Waals surface area contributed by atoms with Gasteiger partial charge in [-0.05, 0) is 47.8 Å². The van der Waals surface area contributed by atoms with Gasteiger partial charge in [0.2, 0.25) is 0 Å². The number of nitrogens with zero attached hydrogens (tertiary/aromatic N) is 1. The molecule has 4 rings (SSSR count). The number of pyridine rings is 1. The van der Waals surface area contributed by atoms with Crippen LogP contribution in [0.4, 0.5) is 5.69 Å². The first-order valence-electron chi connectivity index (χ1n) is 6.70. The molecule has 0 fully saturated rings. The minimum absolute atomic E-state index is 0.312. The fourth-order valence-corrected chi connectivity index (χ4v) is 4.63. The molecule has 6 heteroatoms. The first-order chi connectivity index (χ1) is 10.6. The number of benzene rings is 1. The van der Waals surface area contributed by atoms with E-state index in [1.54, 1.807) is 23.6 Å². The number of nitrogens with one attached hydrogen (secondary N) is 1. The van der Waals surface area contributed by atoms with Gasteiger partial charge in [0.25, 0.3) is 10.0 Å². The van der Waals surface area contributed by atoms with Gasteiger partial charge in [-0.3, -0.25) is 4.72 Å². The van der Waals surface area contributed by atoms with Gasteiger partial charge in [-0.15, -0.1) is 11.3 Å². The lowest BCUT2D eigenvalue weighted by molar-refractivity contribution is 0.603. The lowest BCUT2D eigenvalue weighted by Crippen LogP contribution is -2.11. The molecule has 110 valence electrons. The standard InChI is InChI=1S/C16H12N2O2S2/c19-22(20,16-7-3-11-21-16)17-14-5-1-6-15-13(14)9-8-12-4-2-10-18(12)15/h1-11,17H. The summed E-state index contributed by atoms with van der Waals surface area (Å²) < 4.78 is 29.9. The molecule has 0 atom stereocenters. The highest BCUT2D eigenvalue weighted by molar-refractivity contribution is 7.94. The summed E-state index contributed by atoms with van der Waals surface area (Å²) in [4.78, 5) is 0. The van der Waals surface area contributed by atoms with Crippen molar-refractivity contribution in [3.63, 3.8) is 0 Å². The zero-order valence-corrected chi connectivity index (χ0v) is 13.1. The molecule has 3 heterocycles. The van der Waals surface area contributed by atoms with Gasteiger partial charge in [0.05, 0.1) is 11.2 Å². The van der Waals surface area contributed by atoms with Crippen LogP contribution in [-0.4, -0.2) is 12.8 Å². The summed E-state index contributed by atoms with van der Waals surface area (Å²) >= 11 is 1.20. The molecule has 22 heavy (non-hydrogen) atoms. The predicted molar refractivity (Wildman–Crippen MR) is 90.0 cm³/mol. The average molecular weight is 328 g/mol. The number of sulfonamides is 1. The van der Waals surface area contributed by atoms with Crippen LogP contribution in [0.3, 0.4) is 0 Å². The Kier molecular flexibility index (Phi) is 2.95. The maximum Gasteiger partial charge on any atom is 0.271 e. The molecule has 0 aliphatic carbocycles. The number of fused-ring (bicyclic) bond motifs is 3. The maximum absolute atomic E-state index is 12.4. The van der Waals surface area contributed by atoms with Crippen LogP contribution in [0.15, 0.2) is 70.4 Å². The Morgan fingerprint density at radius 3 is 2.68 bits per heavy atom. The second-order valence-corrected chi connectivity index (χ2v) is 7.77.